The zero-order valence-corrected chi connectivity index (χ0v) is 13.3. The summed E-state index contributed by atoms with van der Waals surface area (Å²) >= 11 is 3.47. The van der Waals surface area contributed by atoms with Crippen molar-refractivity contribution >= 4 is 32.6 Å². The highest BCUT2D eigenvalue weighted by molar-refractivity contribution is 9.09. The van der Waals surface area contributed by atoms with Crippen LogP contribution < -0.4 is 5.32 Å². The molecule has 1 N–H and O–H groups in total. The van der Waals surface area contributed by atoms with E-state index in [0.717, 1.165) is 6.42 Å². The number of nitrogens with one attached hydrogen (secondary N) is 1. The van der Waals surface area contributed by atoms with Crippen LogP contribution in [0.3, 0.4) is 0 Å². The number of carbonyl (C=O) groups excluding carboxylic acids is 1. The Morgan fingerprint density at radius 2 is 2.00 bits per heavy atom. The SMILES string of the molecule is COCC(Br)CCNC(=O)c1ccc(F)c2ccccc12. The number of amides is 1. The van der Waals surface area contributed by atoms with Gasteiger partial charge in [0.15, 0.2) is 0 Å². The van der Waals surface area contributed by atoms with Gasteiger partial charge in [-0.25, -0.2) is 4.39 Å². The number of rotatable bonds is 6. The fourth-order valence-electron chi connectivity index (χ4n) is 2.16. The molecule has 1 atom stereocenters. The maximum absolute atomic E-state index is 13.7. The molecule has 0 aliphatic heterocycles. The molecule has 0 aliphatic rings. The van der Waals surface area contributed by atoms with Gasteiger partial charge in [0, 0.05) is 29.4 Å². The third kappa shape index (κ3) is 4.02. The summed E-state index contributed by atoms with van der Waals surface area (Å²) in [5.74, 6) is -0.508. The largest absolute Gasteiger partial charge is 0.384 e. The number of hydrogen-bond acceptors (Lipinski definition) is 2. The van der Waals surface area contributed by atoms with Crippen molar-refractivity contribution in [2.45, 2.75) is 11.2 Å². The van der Waals surface area contributed by atoms with Gasteiger partial charge in [-0.1, -0.05) is 40.2 Å². The van der Waals surface area contributed by atoms with E-state index in [9.17, 15) is 9.18 Å². The van der Waals surface area contributed by atoms with Crippen molar-refractivity contribution < 1.29 is 13.9 Å². The molecule has 5 heteroatoms. The minimum absolute atomic E-state index is 0.191. The second-order valence-electron chi connectivity index (χ2n) is 4.74. The number of ether oxygens (including phenoxy) is 1. The van der Waals surface area contributed by atoms with Crippen LogP contribution in [0.5, 0.6) is 0 Å². The van der Waals surface area contributed by atoms with Gasteiger partial charge in [0.25, 0.3) is 5.91 Å². The van der Waals surface area contributed by atoms with Crippen LogP contribution in [0.15, 0.2) is 36.4 Å². The molecule has 0 saturated heterocycles. The van der Waals surface area contributed by atoms with Gasteiger partial charge in [-0.2, -0.15) is 0 Å². The third-order valence-corrected chi connectivity index (χ3v) is 3.93. The van der Waals surface area contributed by atoms with Crippen LogP contribution in [0, 0.1) is 5.82 Å². The van der Waals surface area contributed by atoms with E-state index in [-0.39, 0.29) is 16.6 Å². The molecule has 0 spiro atoms. The smallest absolute Gasteiger partial charge is 0.251 e. The van der Waals surface area contributed by atoms with Gasteiger partial charge < -0.3 is 10.1 Å². The number of hydrogen-bond donors (Lipinski definition) is 1. The van der Waals surface area contributed by atoms with Gasteiger partial charge in [0.1, 0.15) is 5.82 Å². The molecule has 21 heavy (non-hydrogen) atoms. The van der Waals surface area contributed by atoms with Crippen LogP contribution in [0.4, 0.5) is 4.39 Å². The summed E-state index contributed by atoms with van der Waals surface area (Å²) in [4.78, 5) is 12.4. The van der Waals surface area contributed by atoms with E-state index in [1.165, 1.54) is 12.1 Å². The molecule has 0 saturated carbocycles. The van der Waals surface area contributed by atoms with E-state index in [0.29, 0.717) is 29.5 Å². The molecule has 1 unspecified atom stereocenters. The Balaban J connectivity index is 2.08. The van der Waals surface area contributed by atoms with Crippen molar-refractivity contribution in [3.8, 4) is 0 Å². The molecule has 3 nitrogen and oxygen atoms in total. The van der Waals surface area contributed by atoms with Crippen molar-refractivity contribution in [2.24, 2.45) is 0 Å². The number of carbonyl (C=O) groups is 1. The quantitative estimate of drug-likeness (QED) is 0.807. The molecule has 0 fully saturated rings. The predicted octanol–water partition coefficient (Wildman–Crippen LogP) is 3.51. The molecule has 0 aliphatic carbocycles. The van der Waals surface area contributed by atoms with E-state index in [1.54, 1.807) is 31.4 Å². The first-order valence-electron chi connectivity index (χ1n) is 6.72. The Labute approximate surface area is 131 Å². The Kier molecular flexibility index (Phi) is 5.70. The summed E-state index contributed by atoms with van der Waals surface area (Å²) in [6.45, 7) is 1.12. The standard InChI is InChI=1S/C16H17BrFNO2/c1-21-10-11(17)8-9-19-16(20)14-6-7-15(18)13-5-3-2-4-12(13)14/h2-7,11H,8-10H2,1H3,(H,19,20). The van der Waals surface area contributed by atoms with Crippen molar-refractivity contribution in [3.05, 3.63) is 47.8 Å². The highest BCUT2D eigenvalue weighted by Crippen LogP contribution is 2.21. The first-order chi connectivity index (χ1) is 10.1. The minimum Gasteiger partial charge on any atom is -0.384 e. The summed E-state index contributed by atoms with van der Waals surface area (Å²) in [7, 11) is 1.64. The molecule has 2 rings (SSSR count). The van der Waals surface area contributed by atoms with Crippen LogP contribution in [-0.4, -0.2) is 31.0 Å². The zero-order chi connectivity index (χ0) is 15.2. The topological polar surface area (TPSA) is 38.3 Å². The lowest BCUT2D eigenvalue weighted by Crippen LogP contribution is -2.27. The van der Waals surface area contributed by atoms with Crippen molar-refractivity contribution in [2.75, 3.05) is 20.3 Å². The van der Waals surface area contributed by atoms with Crippen LogP contribution in [0.2, 0.25) is 0 Å². The Bertz CT molecular complexity index is 633. The molecule has 0 aromatic heterocycles. The van der Waals surface area contributed by atoms with E-state index in [2.05, 4.69) is 21.2 Å². The molecular weight excluding hydrogens is 337 g/mol. The molecule has 1 amide bonds. The maximum Gasteiger partial charge on any atom is 0.251 e. The maximum atomic E-state index is 13.7. The third-order valence-electron chi connectivity index (χ3n) is 3.21. The van der Waals surface area contributed by atoms with E-state index in [1.807, 2.05) is 0 Å². The number of methoxy groups -OCH3 is 1. The van der Waals surface area contributed by atoms with Crippen molar-refractivity contribution in [1.82, 2.24) is 5.32 Å². The molecule has 2 aromatic carbocycles. The average Bonchev–Trinajstić information content (AvgIpc) is 2.48. The van der Waals surface area contributed by atoms with Crippen LogP contribution in [0.1, 0.15) is 16.8 Å². The van der Waals surface area contributed by atoms with Crippen LogP contribution in [0.25, 0.3) is 10.8 Å². The van der Waals surface area contributed by atoms with Crippen molar-refractivity contribution in [1.29, 1.82) is 0 Å². The molecule has 0 heterocycles. The zero-order valence-electron chi connectivity index (χ0n) is 11.7. The van der Waals surface area contributed by atoms with E-state index < -0.39 is 0 Å². The fraction of sp³-hybridized carbons (Fsp3) is 0.312. The minimum atomic E-state index is -0.317. The van der Waals surface area contributed by atoms with E-state index in [4.69, 9.17) is 4.74 Å². The predicted molar refractivity (Wildman–Crippen MR) is 85.4 cm³/mol. The summed E-state index contributed by atoms with van der Waals surface area (Å²) < 4.78 is 18.7. The summed E-state index contributed by atoms with van der Waals surface area (Å²) in [6.07, 6.45) is 0.763. The van der Waals surface area contributed by atoms with Crippen LogP contribution >= 0.6 is 15.9 Å². The summed E-state index contributed by atoms with van der Waals surface area (Å²) in [5, 5.41) is 3.94. The van der Waals surface area contributed by atoms with Gasteiger partial charge in [-0.05, 0) is 23.9 Å². The first-order valence-corrected chi connectivity index (χ1v) is 7.63. The monoisotopic (exact) mass is 353 g/mol. The number of benzene rings is 2. The van der Waals surface area contributed by atoms with Gasteiger partial charge in [-0.3, -0.25) is 4.79 Å². The highest BCUT2D eigenvalue weighted by atomic mass is 79.9. The second-order valence-corrected chi connectivity index (χ2v) is 6.03. The van der Waals surface area contributed by atoms with E-state index >= 15 is 0 Å². The fourth-order valence-corrected chi connectivity index (χ4v) is 2.66. The van der Waals surface area contributed by atoms with Gasteiger partial charge in [-0.15, -0.1) is 0 Å². The number of fused-ring (bicyclic) bond motifs is 1. The van der Waals surface area contributed by atoms with Gasteiger partial charge in [0.05, 0.1) is 6.61 Å². The molecule has 0 bridgehead atoms. The normalized spacial score (nSPS) is 12.3. The summed E-state index contributed by atoms with van der Waals surface area (Å²) in [6, 6.07) is 9.84. The van der Waals surface area contributed by atoms with Gasteiger partial charge >= 0.3 is 0 Å². The Morgan fingerprint density at radius 1 is 1.29 bits per heavy atom. The summed E-state index contributed by atoms with van der Waals surface area (Å²) in [5.41, 5.74) is 0.491. The lowest BCUT2D eigenvalue weighted by molar-refractivity contribution is 0.0953. The molecular formula is C16H17BrFNO2. The number of alkyl halides is 1. The molecule has 0 radical (unpaired) electrons. The average molecular weight is 354 g/mol. The first kappa shape index (κ1) is 15.9. The second kappa shape index (κ2) is 7.52. The molecule has 2 aromatic rings. The van der Waals surface area contributed by atoms with Crippen molar-refractivity contribution in [3.63, 3.8) is 0 Å². The lowest BCUT2D eigenvalue weighted by atomic mass is 10.0. The Morgan fingerprint density at radius 3 is 2.71 bits per heavy atom. The molecule has 112 valence electrons. The number of halogens is 2. The van der Waals surface area contributed by atoms with Crippen LogP contribution in [-0.2, 0) is 4.74 Å². The lowest BCUT2D eigenvalue weighted by Gasteiger charge is -2.11. The highest BCUT2D eigenvalue weighted by Gasteiger charge is 2.12. The Hall–Kier alpha value is -1.46. The van der Waals surface area contributed by atoms with Gasteiger partial charge in [0.2, 0.25) is 0 Å².